The molecular formula is C25H24N4O2S. The first kappa shape index (κ1) is 21.6. The van der Waals surface area contributed by atoms with Crippen LogP contribution in [0.3, 0.4) is 0 Å². The molecule has 162 valence electrons. The van der Waals surface area contributed by atoms with Gasteiger partial charge in [-0.1, -0.05) is 75.4 Å². The van der Waals surface area contributed by atoms with Crippen molar-refractivity contribution in [2.75, 3.05) is 0 Å². The van der Waals surface area contributed by atoms with Crippen molar-refractivity contribution >= 4 is 33.7 Å². The number of hydrogen-bond donors (Lipinski definition) is 1. The molecule has 7 heteroatoms. The summed E-state index contributed by atoms with van der Waals surface area (Å²) in [6.45, 7) is 6.31. The highest BCUT2D eigenvalue weighted by atomic mass is 32.1. The standard InChI is InChI=1S/C25H24N4O2S/c1-25(2,3)19-11-9-17(10-12-19)13-27-28-21(30)14-29-16-26-23-22(24(29)31)20(15-32-23)18-7-5-4-6-8-18/h4-13,15-16H,14H2,1-3H3,(H,28,30)/b27-13-. The number of thiophene rings is 1. The van der Waals surface area contributed by atoms with Crippen molar-refractivity contribution in [2.24, 2.45) is 5.10 Å². The van der Waals surface area contributed by atoms with E-state index in [9.17, 15) is 9.59 Å². The summed E-state index contributed by atoms with van der Waals surface area (Å²) >= 11 is 1.42. The molecule has 1 amide bonds. The van der Waals surface area contributed by atoms with Gasteiger partial charge in [-0.2, -0.15) is 5.10 Å². The SMILES string of the molecule is CC(C)(C)c1ccc(/C=N\NC(=O)Cn2cnc3scc(-c4ccccc4)c3c2=O)cc1. The van der Waals surface area contributed by atoms with Gasteiger partial charge in [-0.05, 0) is 22.1 Å². The Bertz CT molecular complexity index is 1330. The second-order valence-corrected chi connectivity index (χ2v) is 9.40. The van der Waals surface area contributed by atoms with E-state index in [1.165, 1.54) is 27.8 Å². The first-order valence-electron chi connectivity index (χ1n) is 10.3. The molecule has 0 aliphatic heterocycles. The summed E-state index contributed by atoms with van der Waals surface area (Å²) in [6.07, 6.45) is 2.99. The van der Waals surface area contributed by atoms with Crippen LogP contribution in [-0.4, -0.2) is 21.7 Å². The Kier molecular flexibility index (Phi) is 6.01. The quantitative estimate of drug-likeness (QED) is 0.362. The Hall–Kier alpha value is -3.58. The normalized spacial score (nSPS) is 11.8. The van der Waals surface area contributed by atoms with Crippen LogP contribution in [0.4, 0.5) is 0 Å². The third-order valence-corrected chi connectivity index (χ3v) is 6.03. The third kappa shape index (κ3) is 4.68. The van der Waals surface area contributed by atoms with Gasteiger partial charge in [-0.25, -0.2) is 10.4 Å². The molecule has 2 aromatic carbocycles. The van der Waals surface area contributed by atoms with Gasteiger partial charge in [0, 0.05) is 10.9 Å². The van der Waals surface area contributed by atoms with Gasteiger partial charge in [0.1, 0.15) is 11.4 Å². The molecular weight excluding hydrogens is 420 g/mol. The molecule has 0 unspecified atom stereocenters. The van der Waals surface area contributed by atoms with Crippen LogP contribution in [0.5, 0.6) is 0 Å². The lowest BCUT2D eigenvalue weighted by molar-refractivity contribution is -0.121. The summed E-state index contributed by atoms with van der Waals surface area (Å²) in [6, 6.07) is 17.7. The van der Waals surface area contributed by atoms with Gasteiger partial charge in [0.2, 0.25) is 0 Å². The zero-order valence-electron chi connectivity index (χ0n) is 18.2. The van der Waals surface area contributed by atoms with Gasteiger partial charge in [-0.15, -0.1) is 11.3 Å². The fraction of sp³-hybridized carbons (Fsp3) is 0.200. The highest BCUT2D eigenvalue weighted by molar-refractivity contribution is 7.17. The third-order valence-electron chi connectivity index (χ3n) is 5.14. The van der Waals surface area contributed by atoms with Gasteiger partial charge < -0.3 is 0 Å². The molecule has 1 N–H and O–H groups in total. The molecule has 6 nitrogen and oxygen atoms in total. The molecule has 0 spiro atoms. The average molecular weight is 445 g/mol. The van der Waals surface area contributed by atoms with E-state index < -0.39 is 5.91 Å². The van der Waals surface area contributed by atoms with E-state index >= 15 is 0 Å². The summed E-state index contributed by atoms with van der Waals surface area (Å²) in [5, 5.41) is 6.47. The predicted molar refractivity (Wildman–Crippen MR) is 130 cm³/mol. The average Bonchev–Trinajstić information content (AvgIpc) is 3.21. The lowest BCUT2D eigenvalue weighted by Gasteiger charge is -2.18. The van der Waals surface area contributed by atoms with Gasteiger partial charge in [0.15, 0.2) is 0 Å². The number of hydrogen-bond acceptors (Lipinski definition) is 5. The van der Waals surface area contributed by atoms with Crippen molar-refractivity contribution < 1.29 is 4.79 Å². The molecule has 0 saturated heterocycles. The van der Waals surface area contributed by atoms with Crippen molar-refractivity contribution in [1.82, 2.24) is 15.0 Å². The second-order valence-electron chi connectivity index (χ2n) is 8.54. The van der Waals surface area contributed by atoms with Crippen LogP contribution in [0.1, 0.15) is 31.9 Å². The number of rotatable bonds is 5. The smallest absolute Gasteiger partial charge is 0.263 e. The highest BCUT2D eigenvalue weighted by Crippen LogP contribution is 2.30. The zero-order chi connectivity index (χ0) is 22.7. The lowest BCUT2D eigenvalue weighted by atomic mass is 9.87. The van der Waals surface area contributed by atoms with Gasteiger partial charge in [-0.3, -0.25) is 14.2 Å². The largest absolute Gasteiger partial charge is 0.289 e. The van der Waals surface area contributed by atoms with Crippen molar-refractivity contribution in [3.8, 4) is 11.1 Å². The maximum absolute atomic E-state index is 13.0. The topological polar surface area (TPSA) is 76.3 Å². The summed E-state index contributed by atoms with van der Waals surface area (Å²) in [4.78, 5) is 30.4. The van der Waals surface area contributed by atoms with E-state index in [4.69, 9.17) is 0 Å². The second kappa shape index (κ2) is 8.88. The Morgan fingerprint density at radius 3 is 2.53 bits per heavy atom. The number of nitrogens with one attached hydrogen (secondary N) is 1. The first-order valence-corrected chi connectivity index (χ1v) is 11.2. The van der Waals surface area contributed by atoms with E-state index in [-0.39, 0.29) is 17.5 Å². The molecule has 2 heterocycles. The van der Waals surface area contributed by atoms with Crippen LogP contribution in [0.2, 0.25) is 0 Å². The lowest BCUT2D eigenvalue weighted by Crippen LogP contribution is -2.30. The predicted octanol–water partition coefficient (Wildman–Crippen LogP) is 4.57. The monoisotopic (exact) mass is 444 g/mol. The molecule has 32 heavy (non-hydrogen) atoms. The van der Waals surface area contributed by atoms with Crippen LogP contribution < -0.4 is 11.0 Å². The van der Waals surface area contributed by atoms with Crippen molar-refractivity contribution in [3.63, 3.8) is 0 Å². The van der Waals surface area contributed by atoms with Gasteiger partial charge in [0.05, 0.1) is 17.9 Å². The maximum Gasteiger partial charge on any atom is 0.263 e. The van der Waals surface area contributed by atoms with Gasteiger partial charge in [0.25, 0.3) is 11.5 Å². The Balaban J connectivity index is 1.48. The number of carbonyl (C=O) groups is 1. The number of carbonyl (C=O) groups excluding carboxylic acids is 1. The van der Waals surface area contributed by atoms with E-state index in [0.717, 1.165) is 16.7 Å². The van der Waals surface area contributed by atoms with Crippen LogP contribution >= 0.6 is 11.3 Å². The maximum atomic E-state index is 13.0. The summed E-state index contributed by atoms with van der Waals surface area (Å²) in [5.74, 6) is -0.396. The molecule has 0 radical (unpaired) electrons. The van der Waals surface area contributed by atoms with Crippen molar-refractivity contribution in [2.45, 2.75) is 32.7 Å². The fourth-order valence-corrected chi connectivity index (χ4v) is 4.25. The van der Waals surface area contributed by atoms with Crippen LogP contribution in [-0.2, 0) is 16.8 Å². The van der Waals surface area contributed by atoms with Crippen molar-refractivity contribution in [1.29, 1.82) is 0 Å². The molecule has 0 aliphatic carbocycles. The number of nitrogens with zero attached hydrogens (tertiary/aromatic N) is 3. The van der Waals surface area contributed by atoms with E-state index in [2.05, 4.69) is 48.4 Å². The zero-order valence-corrected chi connectivity index (χ0v) is 19.0. The minimum absolute atomic E-state index is 0.0785. The number of benzene rings is 2. The molecule has 0 aliphatic rings. The van der Waals surface area contributed by atoms with Crippen LogP contribution in [0, 0.1) is 0 Å². The minimum atomic E-state index is -0.396. The van der Waals surface area contributed by atoms with E-state index in [1.807, 2.05) is 47.8 Å². The van der Waals surface area contributed by atoms with E-state index in [0.29, 0.717) is 10.2 Å². The summed E-state index contributed by atoms with van der Waals surface area (Å²) < 4.78 is 1.31. The fourth-order valence-electron chi connectivity index (χ4n) is 3.35. The molecule has 0 saturated carbocycles. The number of hydrazone groups is 1. The Labute approximate surface area is 190 Å². The van der Waals surface area contributed by atoms with Crippen LogP contribution in [0.15, 0.2) is 76.2 Å². The number of amides is 1. The van der Waals surface area contributed by atoms with Crippen LogP contribution in [0.25, 0.3) is 21.3 Å². The Morgan fingerprint density at radius 1 is 1.12 bits per heavy atom. The van der Waals surface area contributed by atoms with E-state index in [1.54, 1.807) is 6.21 Å². The molecule has 2 aromatic heterocycles. The molecule has 4 aromatic rings. The minimum Gasteiger partial charge on any atom is -0.289 e. The molecule has 0 fully saturated rings. The number of aromatic nitrogens is 2. The number of fused-ring (bicyclic) bond motifs is 1. The summed E-state index contributed by atoms with van der Waals surface area (Å²) in [5.41, 5.74) is 6.20. The summed E-state index contributed by atoms with van der Waals surface area (Å²) in [7, 11) is 0. The van der Waals surface area contributed by atoms with Gasteiger partial charge >= 0.3 is 0 Å². The molecule has 0 atom stereocenters. The molecule has 0 bridgehead atoms. The molecule has 4 rings (SSSR count). The highest BCUT2D eigenvalue weighted by Gasteiger charge is 2.15. The Morgan fingerprint density at radius 2 is 1.84 bits per heavy atom. The van der Waals surface area contributed by atoms with Crippen molar-refractivity contribution in [3.05, 3.63) is 87.8 Å². The first-order chi connectivity index (χ1) is 15.3.